The predicted molar refractivity (Wildman–Crippen MR) is 66.1 cm³/mol. The van der Waals surface area contributed by atoms with Gasteiger partial charge in [-0.1, -0.05) is 6.92 Å². The van der Waals surface area contributed by atoms with Crippen LogP contribution < -0.4 is 11.3 Å². The van der Waals surface area contributed by atoms with E-state index in [2.05, 4.69) is 11.0 Å². The molecule has 0 aliphatic heterocycles. The third-order valence-corrected chi connectivity index (χ3v) is 2.60. The molecule has 0 saturated carbocycles. The number of nitrogens with two attached hydrogens (primary N) is 1. The van der Waals surface area contributed by atoms with Crippen LogP contribution in [0.25, 0.3) is 0 Å². The van der Waals surface area contributed by atoms with Crippen molar-refractivity contribution in [2.75, 3.05) is 13.1 Å². The molecule has 1 aromatic rings. The van der Waals surface area contributed by atoms with Gasteiger partial charge in [0.05, 0.1) is 18.5 Å². The maximum Gasteiger partial charge on any atom is 0.300 e. The Hall–Kier alpha value is -1.84. The molecule has 1 amide bonds. The molecule has 0 aliphatic rings. The molecule has 1 rings (SSSR count). The number of hydrogen-bond acceptors (Lipinski definition) is 5. The standard InChI is InChI=1S/C12H18N4O2/c1-3-16(7-9(2)6-13)8-10-4-5-11(18-10)12(17)15-14/h4-5,9H,3,7-8,14H2,1-2H3,(H,15,17). The molecule has 0 saturated heterocycles. The fourth-order valence-electron chi connectivity index (χ4n) is 1.61. The van der Waals surface area contributed by atoms with E-state index >= 15 is 0 Å². The molecule has 6 heteroatoms. The van der Waals surface area contributed by atoms with Crippen LogP contribution in [0.1, 0.15) is 30.2 Å². The van der Waals surface area contributed by atoms with Crippen LogP contribution in [0.2, 0.25) is 0 Å². The summed E-state index contributed by atoms with van der Waals surface area (Å²) in [4.78, 5) is 13.3. The maximum atomic E-state index is 11.2. The van der Waals surface area contributed by atoms with E-state index in [-0.39, 0.29) is 11.7 Å². The highest BCUT2D eigenvalue weighted by molar-refractivity contribution is 5.90. The summed E-state index contributed by atoms with van der Waals surface area (Å²) in [6.45, 7) is 5.94. The van der Waals surface area contributed by atoms with E-state index in [9.17, 15) is 4.79 Å². The molecule has 1 atom stereocenters. The van der Waals surface area contributed by atoms with Crippen molar-refractivity contribution in [2.24, 2.45) is 11.8 Å². The van der Waals surface area contributed by atoms with Crippen molar-refractivity contribution in [3.63, 3.8) is 0 Å². The van der Waals surface area contributed by atoms with E-state index in [1.54, 1.807) is 12.1 Å². The molecule has 0 fully saturated rings. The van der Waals surface area contributed by atoms with Gasteiger partial charge in [0, 0.05) is 6.54 Å². The second-order valence-corrected chi connectivity index (χ2v) is 4.10. The lowest BCUT2D eigenvalue weighted by atomic mass is 10.2. The lowest BCUT2D eigenvalue weighted by Crippen LogP contribution is -2.29. The molecule has 1 aromatic heterocycles. The Labute approximate surface area is 106 Å². The molecule has 0 spiro atoms. The summed E-state index contributed by atoms with van der Waals surface area (Å²) in [6.07, 6.45) is 0. The first-order chi connectivity index (χ1) is 8.60. The minimum Gasteiger partial charge on any atom is -0.455 e. The maximum absolute atomic E-state index is 11.2. The summed E-state index contributed by atoms with van der Waals surface area (Å²) in [7, 11) is 0. The molecule has 0 radical (unpaired) electrons. The number of nitrogens with one attached hydrogen (secondary N) is 1. The molecule has 18 heavy (non-hydrogen) atoms. The minimum absolute atomic E-state index is 0.0354. The van der Waals surface area contributed by atoms with Crippen LogP contribution in [0.4, 0.5) is 0 Å². The fourth-order valence-corrected chi connectivity index (χ4v) is 1.61. The lowest BCUT2D eigenvalue weighted by Gasteiger charge is -2.19. The number of hydrogen-bond donors (Lipinski definition) is 2. The zero-order valence-electron chi connectivity index (χ0n) is 10.6. The minimum atomic E-state index is -0.449. The van der Waals surface area contributed by atoms with Crippen molar-refractivity contribution in [2.45, 2.75) is 20.4 Å². The van der Waals surface area contributed by atoms with E-state index in [1.807, 2.05) is 19.3 Å². The second kappa shape index (κ2) is 6.79. The van der Waals surface area contributed by atoms with Gasteiger partial charge in [0.15, 0.2) is 5.76 Å². The number of furan rings is 1. The third kappa shape index (κ3) is 3.87. The largest absolute Gasteiger partial charge is 0.455 e. The van der Waals surface area contributed by atoms with Gasteiger partial charge in [0.2, 0.25) is 0 Å². The first-order valence-corrected chi connectivity index (χ1v) is 5.82. The van der Waals surface area contributed by atoms with Gasteiger partial charge in [-0.3, -0.25) is 15.1 Å². The third-order valence-electron chi connectivity index (χ3n) is 2.60. The van der Waals surface area contributed by atoms with Gasteiger partial charge in [0.25, 0.3) is 0 Å². The lowest BCUT2D eigenvalue weighted by molar-refractivity contribution is 0.0922. The van der Waals surface area contributed by atoms with Crippen molar-refractivity contribution in [1.82, 2.24) is 10.3 Å². The van der Waals surface area contributed by atoms with Crippen molar-refractivity contribution < 1.29 is 9.21 Å². The number of carbonyl (C=O) groups is 1. The zero-order chi connectivity index (χ0) is 13.5. The average molecular weight is 250 g/mol. The summed E-state index contributed by atoms with van der Waals surface area (Å²) in [5.41, 5.74) is 2.01. The molecule has 0 aliphatic carbocycles. The monoisotopic (exact) mass is 250 g/mol. The van der Waals surface area contributed by atoms with E-state index in [0.29, 0.717) is 18.8 Å². The molecular weight excluding hydrogens is 232 g/mol. The number of hydrazine groups is 1. The predicted octanol–water partition coefficient (Wildman–Crippen LogP) is 0.865. The van der Waals surface area contributed by atoms with Crippen LogP contribution in [0.15, 0.2) is 16.5 Å². The van der Waals surface area contributed by atoms with E-state index < -0.39 is 5.91 Å². The molecule has 0 aromatic carbocycles. The topological polar surface area (TPSA) is 95.3 Å². The molecule has 1 unspecified atom stereocenters. The van der Waals surface area contributed by atoms with Crippen LogP contribution in [-0.2, 0) is 6.54 Å². The van der Waals surface area contributed by atoms with Crippen LogP contribution in [0, 0.1) is 17.2 Å². The summed E-state index contributed by atoms with van der Waals surface area (Å²) in [5, 5.41) is 8.79. The number of nitrogens with zero attached hydrogens (tertiary/aromatic N) is 2. The molecule has 0 bridgehead atoms. The Morgan fingerprint density at radius 3 is 2.94 bits per heavy atom. The Morgan fingerprint density at radius 1 is 1.67 bits per heavy atom. The van der Waals surface area contributed by atoms with Crippen molar-refractivity contribution >= 4 is 5.91 Å². The Balaban J connectivity index is 2.62. The Bertz CT molecular complexity index is 436. The Kier molecular flexibility index (Phi) is 5.36. The van der Waals surface area contributed by atoms with Crippen LogP contribution in [-0.4, -0.2) is 23.9 Å². The summed E-state index contributed by atoms with van der Waals surface area (Å²) < 4.78 is 5.37. The molecule has 1 heterocycles. The van der Waals surface area contributed by atoms with Gasteiger partial charge in [-0.2, -0.15) is 5.26 Å². The number of nitriles is 1. The number of amides is 1. The molecule has 6 nitrogen and oxygen atoms in total. The van der Waals surface area contributed by atoms with Gasteiger partial charge in [-0.05, 0) is 25.6 Å². The molecular formula is C12H18N4O2. The van der Waals surface area contributed by atoms with Gasteiger partial charge in [0.1, 0.15) is 5.76 Å². The SMILES string of the molecule is CCN(Cc1ccc(C(=O)NN)o1)CC(C)C#N. The highest BCUT2D eigenvalue weighted by Crippen LogP contribution is 2.11. The van der Waals surface area contributed by atoms with Crippen molar-refractivity contribution in [3.05, 3.63) is 23.7 Å². The van der Waals surface area contributed by atoms with Crippen molar-refractivity contribution in [3.8, 4) is 6.07 Å². The first kappa shape index (κ1) is 14.2. The molecule has 98 valence electrons. The van der Waals surface area contributed by atoms with Gasteiger partial charge < -0.3 is 4.42 Å². The van der Waals surface area contributed by atoms with Crippen molar-refractivity contribution in [1.29, 1.82) is 5.26 Å². The zero-order valence-corrected chi connectivity index (χ0v) is 10.6. The first-order valence-electron chi connectivity index (χ1n) is 5.82. The number of nitrogen functional groups attached to an aromatic ring is 1. The quantitative estimate of drug-likeness (QED) is 0.443. The molecule has 3 N–H and O–H groups in total. The van der Waals surface area contributed by atoms with E-state index in [0.717, 1.165) is 6.54 Å². The second-order valence-electron chi connectivity index (χ2n) is 4.10. The number of carbonyl (C=O) groups excluding carboxylic acids is 1. The van der Waals surface area contributed by atoms with Gasteiger partial charge in [-0.15, -0.1) is 0 Å². The highest BCUT2D eigenvalue weighted by atomic mass is 16.4. The Morgan fingerprint density at radius 2 is 2.39 bits per heavy atom. The normalized spacial score (nSPS) is 12.2. The van der Waals surface area contributed by atoms with Gasteiger partial charge in [-0.25, -0.2) is 5.84 Å². The summed E-state index contributed by atoms with van der Waals surface area (Å²) in [6, 6.07) is 5.52. The fraction of sp³-hybridized carbons (Fsp3) is 0.500. The summed E-state index contributed by atoms with van der Waals surface area (Å²) >= 11 is 0. The summed E-state index contributed by atoms with van der Waals surface area (Å²) in [5.74, 6) is 5.41. The average Bonchev–Trinajstić information content (AvgIpc) is 2.85. The van der Waals surface area contributed by atoms with Crippen LogP contribution >= 0.6 is 0 Å². The van der Waals surface area contributed by atoms with Crippen LogP contribution in [0.3, 0.4) is 0 Å². The van der Waals surface area contributed by atoms with Gasteiger partial charge >= 0.3 is 5.91 Å². The number of rotatable bonds is 6. The highest BCUT2D eigenvalue weighted by Gasteiger charge is 2.13. The van der Waals surface area contributed by atoms with E-state index in [1.165, 1.54) is 0 Å². The van der Waals surface area contributed by atoms with Crippen LogP contribution in [0.5, 0.6) is 0 Å². The van der Waals surface area contributed by atoms with E-state index in [4.69, 9.17) is 15.5 Å². The smallest absolute Gasteiger partial charge is 0.300 e.